The van der Waals surface area contributed by atoms with E-state index in [-0.39, 0.29) is 5.60 Å². The van der Waals surface area contributed by atoms with Crippen molar-refractivity contribution < 1.29 is 4.74 Å². The Balaban J connectivity index is 2.41. The average Bonchev–Trinajstić information content (AvgIpc) is 2.28. The Morgan fingerprint density at radius 3 is 3.06 bits per heavy atom. The van der Waals surface area contributed by atoms with E-state index in [4.69, 9.17) is 15.7 Å². The molecular weight excluding hydrogens is 202 g/mol. The molecule has 0 radical (unpaired) electrons. The molecule has 1 aromatic heterocycles. The zero-order valence-electron chi connectivity index (χ0n) is 9.58. The highest BCUT2D eigenvalue weighted by Crippen LogP contribution is 2.30. The van der Waals surface area contributed by atoms with Gasteiger partial charge in [-0.1, -0.05) is 6.92 Å². The van der Waals surface area contributed by atoms with Crippen LogP contribution in [0.2, 0.25) is 0 Å². The molecule has 4 heteroatoms. The SMILES string of the molecule is CC[C@]1(C)Cc2nc(N)c(C#N)cc2CO1. The fraction of sp³-hybridized carbons (Fsp3) is 0.500. The summed E-state index contributed by atoms with van der Waals surface area (Å²) in [6, 6.07) is 3.82. The minimum atomic E-state index is -0.152. The average molecular weight is 217 g/mol. The van der Waals surface area contributed by atoms with Gasteiger partial charge < -0.3 is 10.5 Å². The standard InChI is InChI=1S/C12H15N3O/c1-3-12(2)5-10-9(7-16-12)4-8(6-13)11(14)15-10/h4H,3,5,7H2,1-2H3,(H2,14,15)/t12-/m1/s1. The summed E-state index contributed by atoms with van der Waals surface area (Å²) in [4.78, 5) is 4.30. The van der Waals surface area contributed by atoms with E-state index in [1.165, 1.54) is 0 Å². The fourth-order valence-corrected chi connectivity index (χ4v) is 1.86. The molecule has 84 valence electrons. The minimum Gasteiger partial charge on any atom is -0.383 e. The molecule has 0 amide bonds. The van der Waals surface area contributed by atoms with Crippen LogP contribution >= 0.6 is 0 Å². The third-order valence-electron chi connectivity index (χ3n) is 3.21. The summed E-state index contributed by atoms with van der Waals surface area (Å²) in [5, 5.41) is 8.86. The van der Waals surface area contributed by atoms with E-state index in [1.54, 1.807) is 6.07 Å². The normalized spacial score (nSPS) is 23.6. The summed E-state index contributed by atoms with van der Waals surface area (Å²) in [5.41, 5.74) is 7.94. The molecule has 1 atom stereocenters. The Kier molecular flexibility index (Phi) is 2.56. The maximum atomic E-state index is 8.86. The zero-order valence-corrected chi connectivity index (χ0v) is 9.58. The van der Waals surface area contributed by atoms with Gasteiger partial charge in [0, 0.05) is 12.0 Å². The van der Waals surface area contributed by atoms with Crippen molar-refractivity contribution in [1.29, 1.82) is 5.26 Å². The molecule has 0 saturated carbocycles. The minimum absolute atomic E-state index is 0.152. The molecule has 16 heavy (non-hydrogen) atoms. The second kappa shape index (κ2) is 3.76. The van der Waals surface area contributed by atoms with Crippen LogP contribution in [0.1, 0.15) is 37.1 Å². The van der Waals surface area contributed by atoms with Gasteiger partial charge in [-0.3, -0.25) is 0 Å². The second-order valence-electron chi connectivity index (χ2n) is 4.41. The largest absolute Gasteiger partial charge is 0.383 e. The number of nitrogens with zero attached hydrogens (tertiary/aromatic N) is 2. The lowest BCUT2D eigenvalue weighted by Gasteiger charge is -2.33. The van der Waals surface area contributed by atoms with E-state index in [1.807, 2.05) is 6.07 Å². The van der Waals surface area contributed by atoms with Crippen molar-refractivity contribution in [2.75, 3.05) is 5.73 Å². The van der Waals surface area contributed by atoms with Crippen molar-refractivity contribution in [2.45, 2.75) is 38.9 Å². The van der Waals surface area contributed by atoms with Crippen molar-refractivity contribution in [2.24, 2.45) is 0 Å². The summed E-state index contributed by atoms with van der Waals surface area (Å²) in [7, 11) is 0. The molecule has 1 aliphatic heterocycles. The number of rotatable bonds is 1. The zero-order chi connectivity index (χ0) is 11.8. The van der Waals surface area contributed by atoms with Crippen molar-refractivity contribution in [3.63, 3.8) is 0 Å². The lowest BCUT2D eigenvalue weighted by atomic mass is 9.91. The van der Waals surface area contributed by atoms with E-state index >= 15 is 0 Å². The second-order valence-corrected chi connectivity index (χ2v) is 4.41. The molecule has 1 aromatic rings. The maximum absolute atomic E-state index is 8.86. The topological polar surface area (TPSA) is 71.9 Å². The van der Waals surface area contributed by atoms with Crippen molar-refractivity contribution in [3.05, 3.63) is 22.9 Å². The molecule has 1 aliphatic rings. The summed E-state index contributed by atoms with van der Waals surface area (Å²) >= 11 is 0. The van der Waals surface area contributed by atoms with Crippen LogP contribution in [-0.2, 0) is 17.8 Å². The number of ether oxygens (including phenoxy) is 1. The quantitative estimate of drug-likeness (QED) is 0.778. The highest BCUT2D eigenvalue weighted by Gasteiger charge is 2.30. The smallest absolute Gasteiger partial charge is 0.141 e. The van der Waals surface area contributed by atoms with E-state index in [2.05, 4.69) is 18.8 Å². The number of fused-ring (bicyclic) bond motifs is 1. The van der Waals surface area contributed by atoms with Crippen LogP contribution in [0.15, 0.2) is 6.07 Å². The highest BCUT2D eigenvalue weighted by molar-refractivity contribution is 5.51. The third-order valence-corrected chi connectivity index (χ3v) is 3.21. The number of hydrogen-bond acceptors (Lipinski definition) is 4. The Morgan fingerprint density at radius 2 is 2.44 bits per heavy atom. The van der Waals surface area contributed by atoms with E-state index < -0.39 is 0 Å². The van der Waals surface area contributed by atoms with Gasteiger partial charge in [0.05, 0.1) is 23.5 Å². The van der Waals surface area contributed by atoms with Crippen molar-refractivity contribution >= 4 is 5.82 Å². The number of nitrogen functional groups attached to an aromatic ring is 1. The Hall–Kier alpha value is -1.60. The number of aromatic nitrogens is 1. The Morgan fingerprint density at radius 1 is 1.69 bits per heavy atom. The van der Waals surface area contributed by atoms with Gasteiger partial charge >= 0.3 is 0 Å². The van der Waals surface area contributed by atoms with Gasteiger partial charge in [0.25, 0.3) is 0 Å². The Labute approximate surface area is 95.0 Å². The molecule has 0 spiro atoms. The number of nitrogens with two attached hydrogens (primary N) is 1. The van der Waals surface area contributed by atoms with Crippen molar-refractivity contribution in [3.8, 4) is 6.07 Å². The summed E-state index contributed by atoms with van der Waals surface area (Å²) < 4.78 is 5.79. The first-order chi connectivity index (χ1) is 7.58. The third kappa shape index (κ3) is 1.74. The number of hydrogen-bond donors (Lipinski definition) is 1. The molecule has 0 aliphatic carbocycles. The molecule has 0 aromatic carbocycles. The summed E-state index contributed by atoms with van der Waals surface area (Å²) in [5.74, 6) is 0.321. The first-order valence-corrected chi connectivity index (χ1v) is 5.40. The van der Waals surface area contributed by atoms with Crippen LogP contribution in [-0.4, -0.2) is 10.6 Å². The van der Waals surface area contributed by atoms with Gasteiger partial charge in [-0.25, -0.2) is 4.98 Å². The lowest BCUT2D eigenvalue weighted by molar-refractivity contribution is -0.0574. The molecule has 0 unspecified atom stereocenters. The molecule has 0 fully saturated rings. The van der Waals surface area contributed by atoms with E-state index in [0.29, 0.717) is 18.0 Å². The first kappa shape index (κ1) is 10.9. The van der Waals surface area contributed by atoms with Crippen LogP contribution in [0, 0.1) is 11.3 Å². The van der Waals surface area contributed by atoms with Crippen LogP contribution in [0.5, 0.6) is 0 Å². The molecule has 2 N–H and O–H groups in total. The van der Waals surface area contributed by atoms with Gasteiger partial charge in [-0.2, -0.15) is 5.26 Å². The molecule has 0 saturated heterocycles. The van der Waals surface area contributed by atoms with Gasteiger partial charge in [0.1, 0.15) is 11.9 Å². The molecule has 4 nitrogen and oxygen atoms in total. The number of pyridine rings is 1. The predicted molar refractivity (Wildman–Crippen MR) is 60.6 cm³/mol. The maximum Gasteiger partial charge on any atom is 0.141 e. The number of anilines is 1. The predicted octanol–water partition coefficient (Wildman–Crippen LogP) is 1.78. The van der Waals surface area contributed by atoms with Gasteiger partial charge in [0.2, 0.25) is 0 Å². The van der Waals surface area contributed by atoms with Crippen LogP contribution < -0.4 is 5.73 Å². The molecule has 2 heterocycles. The molecule has 2 rings (SSSR count). The first-order valence-electron chi connectivity index (χ1n) is 5.40. The van der Waals surface area contributed by atoms with Gasteiger partial charge in [-0.15, -0.1) is 0 Å². The number of nitriles is 1. The van der Waals surface area contributed by atoms with Gasteiger partial charge in [0.15, 0.2) is 0 Å². The molecule has 0 bridgehead atoms. The van der Waals surface area contributed by atoms with E-state index in [0.717, 1.165) is 24.1 Å². The van der Waals surface area contributed by atoms with Crippen LogP contribution in [0.4, 0.5) is 5.82 Å². The highest BCUT2D eigenvalue weighted by atomic mass is 16.5. The monoisotopic (exact) mass is 217 g/mol. The van der Waals surface area contributed by atoms with Crippen LogP contribution in [0.3, 0.4) is 0 Å². The summed E-state index contributed by atoms with van der Waals surface area (Å²) in [6.07, 6.45) is 1.70. The Bertz CT molecular complexity index is 464. The lowest BCUT2D eigenvalue weighted by Crippen LogP contribution is -2.35. The summed E-state index contributed by atoms with van der Waals surface area (Å²) in [6.45, 7) is 4.69. The molecular formula is C12H15N3O. The fourth-order valence-electron chi connectivity index (χ4n) is 1.86. The van der Waals surface area contributed by atoms with E-state index in [9.17, 15) is 0 Å². The van der Waals surface area contributed by atoms with Crippen LogP contribution in [0.25, 0.3) is 0 Å². The van der Waals surface area contributed by atoms with Gasteiger partial charge in [-0.05, 0) is 19.4 Å². The van der Waals surface area contributed by atoms with Crippen molar-refractivity contribution in [1.82, 2.24) is 4.98 Å².